The third-order valence-corrected chi connectivity index (χ3v) is 5.35. The van der Waals surface area contributed by atoms with E-state index in [1.54, 1.807) is 12.3 Å². The van der Waals surface area contributed by atoms with Crippen LogP contribution in [0.3, 0.4) is 0 Å². The SMILES string of the molecule is O=C(/C=C/c1cnc2ccccc2n1)NNC(=O)CCN1CCN(c2ccccc2)CC1. The summed E-state index contributed by atoms with van der Waals surface area (Å²) in [5.41, 5.74) is 8.22. The van der Waals surface area contributed by atoms with Gasteiger partial charge in [0.05, 0.1) is 22.9 Å². The molecule has 0 unspecified atom stereocenters. The van der Waals surface area contributed by atoms with Crippen molar-refractivity contribution in [3.63, 3.8) is 0 Å². The number of fused-ring (bicyclic) bond motifs is 1. The fraction of sp³-hybridized carbons (Fsp3) is 0.250. The van der Waals surface area contributed by atoms with Crippen LogP contribution in [0.1, 0.15) is 12.1 Å². The minimum atomic E-state index is -0.426. The second kappa shape index (κ2) is 10.5. The van der Waals surface area contributed by atoms with Crippen molar-refractivity contribution in [2.45, 2.75) is 6.42 Å². The molecule has 4 rings (SSSR count). The van der Waals surface area contributed by atoms with Crippen LogP contribution in [0.4, 0.5) is 5.69 Å². The maximum Gasteiger partial charge on any atom is 0.262 e. The summed E-state index contributed by atoms with van der Waals surface area (Å²) in [6, 6.07) is 17.9. The molecule has 3 aromatic rings. The monoisotopic (exact) mass is 430 g/mol. The number of anilines is 1. The van der Waals surface area contributed by atoms with Crippen LogP contribution in [0, 0.1) is 0 Å². The fourth-order valence-corrected chi connectivity index (χ4v) is 3.58. The zero-order valence-electron chi connectivity index (χ0n) is 17.8. The van der Waals surface area contributed by atoms with Gasteiger partial charge in [0.2, 0.25) is 5.91 Å². The number of nitrogens with one attached hydrogen (secondary N) is 2. The lowest BCUT2D eigenvalue weighted by Gasteiger charge is -2.36. The third-order valence-electron chi connectivity index (χ3n) is 5.35. The highest BCUT2D eigenvalue weighted by Crippen LogP contribution is 2.15. The van der Waals surface area contributed by atoms with Gasteiger partial charge >= 0.3 is 0 Å². The number of benzene rings is 2. The van der Waals surface area contributed by atoms with E-state index in [0.29, 0.717) is 18.7 Å². The highest BCUT2D eigenvalue weighted by molar-refractivity contribution is 5.93. The van der Waals surface area contributed by atoms with Crippen molar-refractivity contribution >= 4 is 34.6 Å². The largest absolute Gasteiger partial charge is 0.369 e. The van der Waals surface area contributed by atoms with E-state index in [9.17, 15) is 9.59 Å². The lowest BCUT2D eigenvalue weighted by molar-refractivity contribution is -0.127. The van der Waals surface area contributed by atoms with Gasteiger partial charge in [0, 0.05) is 50.9 Å². The van der Waals surface area contributed by atoms with Crippen molar-refractivity contribution in [1.29, 1.82) is 0 Å². The molecule has 2 heterocycles. The number of nitrogens with zero attached hydrogens (tertiary/aromatic N) is 4. The number of piperazine rings is 1. The van der Waals surface area contributed by atoms with Gasteiger partial charge in [-0.05, 0) is 30.3 Å². The van der Waals surface area contributed by atoms with Gasteiger partial charge in [-0.2, -0.15) is 0 Å². The quantitative estimate of drug-likeness (QED) is 0.459. The summed E-state index contributed by atoms with van der Waals surface area (Å²) < 4.78 is 0. The van der Waals surface area contributed by atoms with Crippen molar-refractivity contribution < 1.29 is 9.59 Å². The van der Waals surface area contributed by atoms with Crippen molar-refractivity contribution in [1.82, 2.24) is 25.7 Å². The molecule has 0 atom stereocenters. The van der Waals surface area contributed by atoms with E-state index in [2.05, 4.69) is 42.8 Å². The van der Waals surface area contributed by atoms with Gasteiger partial charge in [0.1, 0.15) is 0 Å². The highest BCUT2D eigenvalue weighted by Gasteiger charge is 2.17. The number of hydrogen-bond acceptors (Lipinski definition) is 6. The molecule has 1 fully saturated rings. The second-order valence-corrected chi connectivity index (χ2v) is 7.57. The molecule has 164 valence electrons. The van der Waals surface area contributed by atoms with Crippen LogP contribution in [0.15, 0.2) is 66.9 Å². The first-order valence-electron chi connectivity index (χ1n) is 10.7. The molecule has 2 aromatic carbocycles. The number of hydrogen-bond donors (Lipinski definition) is 2. The van der Waals surface area contributed by atoms with Crippen LogP contribution in [0.25, 0.3) is 17.1 Å². The Bertz CT molecular complexity index is 1090. The average Bonchev–Trinajstić information content (AvgIpc) is 2.85. The maximum absolute atomic E-state index is 12.1. The molecule has 1 saturated heterocycles. The number of aromatic nitrogens is 2. The van der Waals surface area contributed by atoms with E-state index < -0.39 is 5.91 Å². The molecule has 2 N–H and O–H groups in total. The summed E-state index contributed by atoms with van der Waals surface area (Å²) in [6.45, 7) is 4.34. The molecule has 1 aliphatic rings. The third kappa shape index (κ3) is 5.89. The van der Waals surface area contributed by atoms with Gasteiger partial charge in [-0.25, -0.2) is 4.98 Å². The number of rotatable bonds is 6. The van der Waals surface area contributed by atoms with Crippen molar-refractivity contribution in [2.75, 3.05) is 37.6 Å². The van der Waals surface area contributed by atoms with Gasteiger partial charge < -0.3 is 4.90 Å². The van der Waals surface area contributed by atoms with E-state index in [4.69, 9.17) is 0 Å². The lowest BCUT2D eigenvalue weighted by Crippen LogP contribution is -2.48. The first kappa shape index (κ1) is 21.5. The van der Waals surface area contributed by atoms with Gasteiger partial charge in [-0.3, -0.25) is 30.3 Å². The average molecular weight is 431 g/mol. The van der Waals surface area contributed by atoms with E-state index in [0.717, 1.165) is 37.2 Å². The van der Waals surface area contributed by atoms with Crippen LogP contribution < -0.4 is 15.8 Å². The summed E-state index contributed by atoms with van der Waals surface area (Å²) >= 11 is 0. The minimum absolute atomic E-state index is 0.220. The summed E-state index contributed by atoms with van der Waals surface area (Å²) in [5.74, 6) is -0.646. The first-order valence-corrected chi connectivity index (χ1v) is 10.7. The van der Waals surface area contributed by atoms with Gasteiger partial charge in [-0.1, -0.05) is 30.3 Å². The second-order valence-electron chi connectivity index (χ2n) is 7.57. The molecular formula is C24H26N6O2. The van der Waals surface area contributed by atoms with Crippen molar-refractivity contribution in [2.24, 2.45) is 0 Å². The first-order chi connectivity index (χ1) is 15.7. The van der Waals surface area contributed by atoms with Crippen LogP contribution in [0.5, 0.6) is 0 Å². The van der Waals surface area contributed by atoms with E-state index in [1.807, 2.05) is 42.5 Å². The Balaban J connectivity index is 1.15. The number of hydrazine groups is 1. The van der Waals surface area contributed by atoms with Crippen molar-refractivity contribution in [3.05, 3.63) is 72.6 Å². The maximum atomic E-state index is 12.1. The highest BCUT2D eigenvalue weighted by atomic mass is 16.2. The molecule has 0 aliphatic carbocycles. The zero-order valence-corrected chi connectivity index (χ0v) is 17.8. The van der Waals surface area contributed by atoms with Crippen molar-refractivity contribution in [3.8, 4) is 0 Å². The molecule has 0 bridgehead atoms. The fourth-order valence-electron chi connectivity index (χ4n) is 3.58. The van der Waals surface area contributed by atoms with Gasteiger partial charge in [0.25, 0.3) is 5.91 Å². The number of carbonyl (C=O) groups excluding carboxylic acids is 2. The topological polar surface area (TPSA) is 90.5 Å². The lowest BCUT2D eigenvalue weighted by atomic mass is 10.2. The Kier molecular flexibility index (Phi) is 7.04. The molecule has 0 spiro atoms. The van der Waals surface area contributed by atoms with Crippen LogP contribution >= 0.6 is 0 Å². The molecule has 8 nitrogen and oxygen atoms in total. The van der Waals surface area contributed by atoms with E-state index >= 15 is 0 Å². The normalized spacial score (nSPS) is 14.6. The zero-order chi connectivity index (χ0) is 22.2. The van der Waals surface area contributed by atoms with Crippen LogP contribution in [0.2, 0.25) is 0 Å². The van der Waals surface area contributed by atoms with E-state index in [1.165, 1.54) is 11.8 Å². The summed E-state index contributed by atoms with van der Waals surface area (Å²) in [4.78, 5) is 37.4. The molecule has 0 saturated carbocycles. The molecule has 2 amide bonds. The van der Waals surface area contributed by atoms with Gasteiger partial charge in [0.15, 0.2) is 0 Å². The molecule has 8 heteroatoms. The van der Waals surface area contributed by atoms with Crippen LogP contribution in [-0.4, -0.2) is 59.4 Å². The number of para-hydroxylation sites is 3. The predicted molar refractivity (Wildman–Crippen MR) is 125 cm³/mol. The molecule has 1 aromatic heterocycles. The minimum Gasteiger partial charge on any atom is -0.369 e. The Labute approximate surface area is 186 Å². The molecule has 1 aliphatic heterocycles. The standard InChI is InChI=1S/C24H26N6O2/c31-23(11-10-19-18-25-21-8-4-5-9-22(21)26-19)27-28-24(32)12-13-29-14-16-30(17-15-29)20-6-2-1-3-7-20/h1-11,18H,12-17H2,(H,27,31)(H,28,32)/b11-10+. The smallest absolute Gasteiger partial charge is 0.262 e. The number of amides is 2. The molecular weight excluding hydrogens is 404 g/mol. The Morgan fingerprint density at radius 2 is 1.62 bits per heavy atom. The predicted octanol–water partition coefficient (Wildman–Crippen LogP) is 2.00. The summed E-state index contributed by atoms with van der Waals surface area (Å²) in [6.07, 6.45) is 4.81. The number of carbonyl (C=O) groups is 2. The Hall–Kier alpha value is -3.78. The Morgan fingerprint density at radius 1 is 0.906 bits per heavy atom. The Morgan fingerprint density at radius 3 is 2.41 bits per heavy atom. The van der Waals surface area contributed by atoms with Gasteiger partial charge in [-0.15, -0.1) is 0 Å². The van der Waals surface area contributed by atoms with E-state index in [-0.39, 0.29) is 5.91 Å². The molecule has 32 heavy (non-hydrogen) atoms. The summed E-state index contributed by atoms with van der Waals surface area (Å²) in [5, 5.41) is 0. The molecule has 0 radical (unpaired) electrons. The van der Waals surface area contributed by atoms with Crippen LogP contribution in [-0.2, 0) is 9.59 Å². The summed E-state index contributed by atoms with van der Waals surface area (Å²) in [7, 11) is 0.